The highest BCUT2D eigenvalue weighted by Crippen LogP contribution is 2.78. The van der Waals surface area contributed by atoms with E-state index < -0.39 is 0 Å². The van der Waals surface area contributed by atoms with Crippen molar-refractivity contribution >= 4 is 0 Å². The third kappa shape index (κ3) is 0.476. The van der Waals surface area contributed by atoms with E-state index in [1.54, 1.807) is 0 Å². The zero-order valence-electron chi connectivity index (χ0n) is 6.36. The summed E-state index contributed by atoms with van der Waals surface area (Å²) in [5.74, 6) is 3.00. The van der Waals surface area contributed by atoms with E-state index in [0.29, 0.717) is 11.5 Å². The second kappa shape index (κ2) is 1.62. The van der Waals surface area contributed by atoms with Gasteiger partial charge in [0.2, 0.25) is 0 Å². The van der Waals surface area contributed by atoms with Crippen LogP contribution in [-0.4, -0.2) is 0 Å². The molecule has 2 saturated carbocycles. The molecule has 2 unspecified atom stereocenters. The van der Waals surface area contributed by atoms with E-state index in [0.717, 1.165) is 23.3 Å². The Morgan fingerprint density at radius 2 is 1.92 bits per heavy atom. The van der Waals surface area contributed by atoms with Gasteiger partial charge in [-0.05, 0) is 29.2 Å². The van der Waals surface area contributed by atoms with Crippen LogP contribution < -0.4 is 0 Å². The summed E-state index contributed by atoms with van der Waals surface area (Å²) in [6.07, 6.45) is 4.12. The summed E-state index contributed by atoms with van der Waals surface area (Å²) in [7, 11) is 0. The molecule has 0 saturated heterocycles. The predicted molar refractivity (Wildman–Crippen MR) is 41.4 cm³/mol. The van der Waals surface area contributed by atoms with Crippen LogP contribution in [-0.2, 0) is 0 Å². The van der Waals surface area contributed by atoms with Crippen molar-refractivity contribution in [2.45, 2.75) is 0 Å². The van der Waals surface area contributed by atoms with Crippen LogP contribution in [0, 0.1) is 46.3 Å². The summed E-state index contributed by atoms with van der Waals surface area (Å²) in [6, 6.07) is 3.91. The number of rotatable bonds is 0. The molecular weight excluding hydrogens is 148 g/mol. The minimum atomic E-state index is 0.321. The molecule has 0 aromatic carbocycles. The molecule has 2 atom stereocenters. The van der Waals surface area contributed by atoms with Crippen LogP contribution in [0.4, 0.5) is 0 Å². The molecule has 2 fully saturated rings. The van der Waals surface area contributed by atoms with Gasteiger partial charge >= 0.3 is 0 Å². The third-order valence-electron chi connectivity index (χ3n) is 3.25. The Balaban J connectivity index is 2.09. The van der Waals surface area contributed by atoms with Crippen LogP contribution >= 0.6 is 0 Å². The van der Waals surface area contributed by atoms with Gasteiger partial charge in [0.25, 0.3) is 0 Å². The van der Waals surface area contributed by atoms with E-state index in [1.807, 2.05) is 18.2 Å². The number of hydrogen-bond acceptors (Lipinski definition) is 2. The van der Waals surface area contributed by atoms with Gasteiger partial charge in [0, 0.05) is 0 Å². The fourth-order valence-corrected chi connectivity index (χ4v) is 2.48. The van der Waals surface area contributed by atoms with Crippen molar-refractivity contribution < 1.29 is 0 Å². The third-order valence-corrected chi connectivity index (χ3v) is 3.25. The lowest BCUT2D eigenvalue weighted by atomic mass is 9.88. The first-order chi connectivity index (χ1) is 5.88. The first-order valence-corrected chi connectivity index (χ1v) is 4.11. The van der Waals surface area contributed by atoms with Gasteiger partial charge in [-0.3, -0.25) is 0 Å². The highest BCUT2D eigenvalue weighted by molar-refractivity contribution is 5.55. The molecule has 4 rings (SSSR count). The summed E-state index contributed by atoms with van der Waals surface area (Å²) in [6.45, 7) is 0. The minimum Gasteiger partial charge on any atom is -0.192 e. The van der Waals surface area contributed by atoms with Crippen LogP contribution in [0.15, 0.2) is 23.3 Å². The van der Waals surface area contributed by atoms with E-state index in [-0.39, 0.29) is 0 Å². The molecule has 2 bridgehead atoms. The van der Waals surface area contributed by atoms with Gasteiger partial charge in [-0.1, -0.05) is 12.2 Å². The van der Waals surface area contributed by atoms with Crippen molar-refractivity contribution in [1.29, 1.82) is 10.5 Å². The molecule has 0 radical (unpaired) electrons. The van der Waals surface area contributed by atoms with Crippen LogP contribution in [0.5, 0.6) is 0 Å². The molecule has 0 aromatic heterocycles. The second-order valence-corrected chi connectivity index (χ2v) is 3.67. The lowest BCUT2D eigenvalue weighted by Gasteiger charge is -2.15. The van der Waals surface area contributed by atoms with E-state index in [2.05, 4.69) is 6.08 Å². The van der Waals surface area contributed by atoms with Gasteiger partial charge in [-0.25, -0.2) is 0 Å². The highest BCUT2D eigenvalue weighted by atomic mass is 14.8. The molecule has 2 heteroatoms. The molecule has 0 N–H and O–H groups in total. The Morgan fingerprint density at radius 3 is 2.42 bits per heavy atom. The summed E-state index contributed by atoms with van der Waals surface area (Å²) in [4.78, 5) is 0. The maximum absolute atomic E-state index is 8.66. The predicted octanol–water partition coefficient (Wildman–Crippen LogP) is 1.39. The molecule has 0 spiro atoms. The van der Waals surface area contributed by atoms with Crippen LogP contribution in [0.25, 0.3) is 0 Å². The number of allylic oxidation sites excluding steroid dienone is 4. The molecule has 0 heterocycles. The Morgan fingerprint density at radius 1 is 1.25 bits per heavy atom. The van der Waals surface area contributed by atoms with E-state index >= 15 is 0 Å². The number of hydrogen-bond donors (Lipinski definition) is 0. The first-order valence-electron chi connectivity index (χ1n) is 4.11. The topological polar surface area (TPSA) is 47.6 Å². The second-order valence-electron chi connectivity index (χ2n) is 3.67. The van der Waals surface area contributed by atoms with Crippen LogP contribution in [0.2, 0.25) is 0 Å². The van der Waals surface area contributed by atoms with E-state index in [9.17, 15) is 0 Å². The Hall–Kier alpha value is -1.54. The maximum atomic E-state index is 8.66. The molecular formula is C10H6N2. The average Bonchev–Trinajstić information content (AvgIpc) is 2.96. The zero-order valence-corrected chi connectivity index (χ0v) is 6.36. The summed E-state index contributed by atoms with van der Waals surface area (Å²) >= 11 is 0. The van der Waals surface area contributed by atoms with Crippen molar-refractivity contribution in [3.8, 4) is 12.1 Å². The lowest BCUT2D eigenvalue weighted by molar-refractivity contribution is 0.591. The fourth-order valence-electron chi connectivity index (χ4n) is 2.48. The Labute approximate surface area is 70.4 Å². The number of fused-ring (bicyclic) bond motifs is 1. The smallest absolute Gasteiger partial charge is 0.133 e. The molecule has 0 aliphatic heterocycles. The van der Waals surface area contributed by atoms with Crippen LogP contribution in [0.1, 0.15) is 0 Å². The van der Waals surface area contributed by atoms with Crippen molar-refractivity contribution in [3.05, 3.63) is 23.3 Å². The normalized spacial score (nSPS) is 44.0. The highest BCUT2D eigenvalue weighted by Gasteiger charge is 2.74. The zero-order chi connectivity index (χ0) is 8.29. The summed E-state index contributed by atoms with van der Waals surface area (Å²) in [5, 5.41) is 17.3. The molecule has 4 aliphatic carbocycles. The van der Waals surface area contributed by atoms with Gasteiger partial charge in [0.1, 0.15) is 17.7 Å². The van der Waals surface area contributed by atoms with Crippen molar-refractivity contribution in [3.63, 3.8) is 0 Å². The van der Waals surface area contributed by atoms with Crippen LogP contribution in [0.3, 0.4) is 0 Å². The first kappa shape index (κ1) is 6.03. The lowest BCUT2D eigenvalue weighted by Crippen LogP contribution is -2.07. The van der Waals surface area contributed by atoms with Crippen molar-refractivity contribution in [2.24, 2.45) is 23.7 Å². The summed E-state index contributed by atoms with van der Waals surface area (Å²) in [5.41, 5.74) is 1.32. The van der Waals surface area contributed by atoms with Gasteiger partial charge in [0.15, 0.2) is 0 Å². The van der Waals surface area contributed by atoms with Gasteiger partial charge < -0.3 is 0 Å². The fraction of sp³-hybridized carbons (Fsp3) is 0.400. The maximum Gasteiger partial charge on any atom is 0.133 e. The molecule has 0 amide bonds. The molecule has 56 valence electrons. The van der Waals surface area contributed by atoms with E-state index in [4.69, 9.17) is 10.5 Å². The minimum absolute atomic E-state index is 0.321. The Kier molecular flexibility index (Phi) is 0.813. The monoisotopic (exact) mass is 154 g/mol. The quantitative estimate of drug-likeness (QED) is 0.495. The number of nitrogens with zero attached hydrogens (tertiary/aromatic N) is 2. The standard InChI is InChI=1S/C10H6N2/c11-3-5(4-12)6-1-2-7-9-8(6)10(7)9/h1-2,7-10H. The summed E-state index contributed by atoms with van der Waals surface area (Å²) < 4.78 is 0. The molecule has 0 aromatic rings. The largest absolute Gasteiger partial charge is 0.192 e. The SMILES string of the molecule is N#CC(C#N)=C1C=CC2C3C1C23. The van der Waals surface area contributed by atoms with Gasteiger partial charge in [-0.15, -0.1) is 0 Å². The van der Waals surface area contributed by atoms with Gasteiger partial charge in [-0.2, -0.15) is 10.5 Å². The number of nitriles is 2. The van der Waals surface area contributed by atoms with Crippen molar-refractivity contribution in [2.75, 3.05) is 0 Å². The van der Waals surface area contributed by atoms with E-state index in [1.165, 1.54) is 0 Å². The molecule has 2 nitrogen and oxygen atoms in total. The Bertz CT molecular complexity index is 377. The average molecular weight is 154 g/mol. The molecule has 4 aliphatic rings. The van der Waals surface area contributed by atoms with Crippen molar-refractivity contribution in [1.82, 2.24) is 0 Å². The van der Waals surface area contributed by atoms with Gasteiger partial charge in [0.05, 0.1) is 0 Å². The molecule has 12 heavy (non-hydrogen) atoms.